The number of nitrogens with zero attached hydrogens (tertiary/aromatic N) is 1. The van der Waals surface area contributed by atoms with Gasteiger partial charge in [0, 0.05) is 29.5 Å². The molecule has 0 bridgehead atoms. The normalized spacial score (nSPS) is 30.7. The molecular formula is C33H33F5N2O3. The number of hydrogen-bond donors (Lipinski definition) is 2. The Morgan fingerprint density at radius 2 is 1.79 bits per heavy atom. The first kappa shape index (κ1) is 29.7. The van der Waals surface area contributed by atoms with Crippen molar-refractivity contribution in [3.05, 3.63) is 88.3 Å². The van der Waals surface area contributed by atoms with Gasteiger partial charge >= 0.3 is 12.1 Å². The number of nitrogens with one attached hydrogen (secondary N) is 1. The van der Waals surface area contributed by atoms with E-state index in [2.05, 4.69) is 10.3 Å². The number of benzene rings is 1. The number of pyridine rings is 1. The quantitative estimate of drug-likeness (QED) is 0.369. The molecule has 1 heterocycles. The third-order valence-corrected chi connectivity index (χ3v) is 10.5. The van der Waals surface area contributed by atoms with Crippen LogP contribution in [0.5, 0.6) is 0 Å². The highest BCUT2D eigenvalue weighted by Gasteiger charge is 2.79. The molecule has 1 aromatic carbocycles. The Hall–Kier alpha value is -3.40. The zero-order chi connectivity index (χ0) is 30.8. The summed E-state index contributed by atoms with van der Waals surface area (Å²) in [4.78, 5) is 29.2. The minimum Gasteiger partial charge on any atom is -0.383 e. The van der Waals surface area contributed by atoms with Crippen LogP contribution in [0.1, 0.15) is 79.4 Å². The van der Waals surface area contributed by atoms with Crippen LogP contribution in [-0.4, -0.2) is 39.5 Å². The zero-order valence-electron chi connectivity index (χ0n) is 23.7. The van der Waals surface area contributed by atoms with Gasteiger partial charge in [-0.2, -0.15) is 22.0 Å². The minimum atomic E-state index is -5.90. The highest BCUT2D eigenvalue weighted by Crippen LogP contribution is 2.70. The molecule has 43 heavy (non-hydrogen) atoms. The van der Waals surface area contributed by atoms with Gasteiger partial charge in [0.25, 0.3) is 5.91 Å². The molecule has 4 aliphatic rings. The van der Waals surface area contributed by atoms with Crippen LogP contribution in [0.2, 0.25) is 0 Å². The van der Waals surface area contributed by atoms with Gasteiger partial charge in [0.2, 0.25) is 0 Å². The predicted molar refractivity (Wildman–Crippen MR) is 148 cm³/mol. The summed E-state index contributed by atoms with van der Waals surface area (Å²) in [6, 6.07) is 12.0. The fraction of sp³-hybridized carbons (Fsp3) is 0.485. The predicted octanol–water partition coefficient (Wildman–Crippen LogP) is 6.84. The molecule has 2 N–H and O–H groups in total. The van der Waals surface area contributed by atoms with Gasteiger partial charge < -0.3 is 10.4 Å². The standard InChI is InChI=1S/C33H33F5N2O3/c1-30-17-26(19-5-7-20(8-6-19)29(42)40-18-22-4-2-3-15-39-22)28-24-12-10-23(41)16-21(24)9-11-25(28)27(30)13-14-31(30,43)32(34,35)33(36,37)38/h2-8,15-16,25-27,43H,9-14,17-18H2,1H3,(H,40,42)/t25?,26-,27?,30+,31-/m1/s1. The Morgan fingerprint density at radius 3 is 2.47 bits per heavy atom. The van der Waals surface area contributed by atoms with E-state index in [4.69, 9.17) is 0 Å². The van der Waals surface area contributed by atoms with Crippen molar-refractivity contribution < 1.29 is 36.6 Å². The lowest BCUT2D eigenvalue weighted by atomic mass is 9.50. The molecule has 0 saturated heterocycles. The molecule has 10 heteroatoms. The highest BCUT2D eigenvalue weighted by atomic mass is 19.4. The third kappa shape index (κ3) is 4.64. The summed E-state index contributed by atoms with van der Waals surface area (Å²) in [5.41, 5.74) is -0.368. The van der Waals surface area contributed by atoms with E-state index in [0.717, 1.165) is 16.7 Å². The molecule has 228 valence electrons. The lowest BCUT2D eigenvalue weighted by molar-refractivity contribution is -0.362. The van der Waals surface area contributed by atoms with Gasteiger partial charge in [-0.05, 0) is 97.4 Å². The monoisotopic (exact) mass is 600 g/mol. The molecule has 6 rings (SSSR count). The van der Waals surface area contributed by atoms with E-state index in [1.807, 2.05) is 6.07 Å². The summed E-state index contributed by atoms with van der Waals surface area (Å²) < 4.78 is 71.6. The molecular weight excluding hydrogens is 567 g/mol. The second-order valence-corrected chi connectivity index (χ2v) is 12.6. The lowest BCUT2D eigenvalue weighted by Gasteiger charge is -2.56. The van der Waals surface area contributed by atoms with Gasteiger partial charge in [-0.15, -0.1) is 0 Å². The number of carbonyl (C=O) groups excluding carboxylic acids is 2. The molecule has 2 saturated carbocycles. The van der Waals surface area contributed by atoms with Gasteiger partial charge in [-0.3, -0.25) is 14.6 Å². The summed E-state index contributed by atoms with van der Waals surface area (Å²) >= 11 is 0. The summed E-state index contributed by atoms with van der Waals surface area (Å²) in [5.74, 6) is -7.03. The Balaban J connectivity index is 1.38. The Bertz CT molecular complexity index is 1500. The lowest BCUT2D eigenvalue weighted by Crippen LogP contribution is -2.65. The molecule has 0 radical (unpaired) electrons. The molecule has 4 aliphatic carbocycles. The summed E-state index contributed by atoms with van der Waals surface area (Å²) in [5, 5.41) is 14.2. The van der Waals surface area contributed by atoms with E-state index in [1.165, 1.54) is 6.92 Å². The minimum absolute atomic E-state index is 0.0242. The number of halogens is 5. The smallest absolute Gasteiger partial charge is 0.383 e. The molecule has 0 spiro atoms. The average molecular weight is 601 g/mol. The van der Waals surface area contributed by atoms with Crippen molar-refractivity contribution in [3.8, 4) is 0 Å². The van der Waals surface area contributed by atoms with Crippen molar-refractivity contribution in [1.82, 2.24) is 10.3 Å². The molecule has 1 amide bonds. The summed E-state index contributed by atoms with van der Waals surface area (Å²) in [7, 11) is 0. The van der Waals surface area contributed by atoms with Crippen molar-refractivity contribution >= 4 is 11.7 Å². The molecule has 0 aliphatic heterocycles. The average Bonchev–Trinajstić information content (AvgIpc) is 3.26. The first-order valence-corrected chi connectivity index (χ1v) is 14.7. The second-order valence-electron chi connectivity index (χ2n) is 12.6. The maximum atomic E-state index is 15.2. The number of amides is 1. The largest absolute Gasteiger partial charge is 0.456 e. The van der Waals surface area contributed by atoms with Gasteiger partial charge in [-0.25, -0.2) is 0 Å². The van der Waals surface area contributed by atoms with E-state index in [0.29, 0.717) is 42.5 Å². The van der Waals surface area contributed by atoms with E-state index in [9.17, 15) is 27.9 Å². The third-order valence-electron chi connectivity index (χ3n) is 10.5. The number of aromatic nitrogens is 1. The number of hydrogen-bond acceptors (Lipinski definition) is 4. The molecule has 1 aromatic heterocycles. The zero-order valence-corrected chi connectivity index (χ0v) is 23.7. The van der Waals surface area contributed by atoms with E-state index in [-0.39, 0.29) is 37.0 Å². The fourth-order valence-electron chi connectivity index (χ4n) is 8.36. The number of alkyl halides is 5. The highest BCUT2D eigenvalue weighted by molar-refractivity contribution is 5.94. The van der Waals surface area contributed by atoms with Crippen LogP contribution >= 0.6 is 0 Å². The number of aliphatic hydroxyl groups is 1. The van der Waals surface area contributed by atoms with Crippen molar-refractivity contribution in [2.24, 2.45) is 17.3 Å². The Morgan fingerprint density at radius 1 is 1.05 bits per heavy atom. The van der Waals surface area contributed by atoms with Crippen LogP contribution in [0, 0.1) is 17.3 Å². The van der Waals surface area contributed by atoms with Crippen molar-refractivity contribution in [2.75, 3.05) is 0 Å². The summed E-state index contributed by atoms with van der Waals surface area (Å²) in [6.07, 6.45) is -1.48. The number of rotatable bonds is 5. The van der Waals surface area contributed by atoms with Gasteiger partial charge in [0.1, 0.15) is 5.60 Å². The SMILES string of the molecule is C[C@]12C[C@H](c3ccc(C(=O)NCc4ccccn4)cc3)C3=C4CCC(=O)C=C4CCC3C1CC[C@]2(O)C(F)(F)C(F)(F)F. The number of ketones is 1. The van der Waals surface area contributed by atoms with Crippen LogP contribution in [-0.2, 0) is 11.3 Å². The van der Waals surface area contributed by atoms with E-state index < -0.39 is 41.4 Å². The van der Waals surface area contributed by atoms with Crippen molar-refractivity contribution in [1.29, 1.82) is 0 Å². The van der Waals surface area contributed by atoms with Gasteiger partial charge in [0.05, 0.1) is 12.2 Å². The van der Waals surface area contributed by atoms with E-state index in [1.54, 1.807) is 48.7 Å². The topological polar surface area (TPSA) is 79.3 Å². The van der Waals surface area contributed by atoms with Gasteiger partial charge in [0.15, 0.2) is 5.78 Å². The molecule has 2 aromatic rings. The molecule has 5 nitrogen and oxygen atoms in total. The van der Waals surface area contributed by atoms with Crippen LogP contribution in [0.25, 0.3) is 0 Å². The molecule has 5 atom stereocenters. The van der Waals surface area contributed by atoms with Crippen LogP contribution in [0.3, 0.4) is 0 Å². The number of carbonyl (C=O) groups is 2. The first-order valence-electron chi connectivity index (χ1n) is 14.7. The molecule has 2 fully saturated rings. The fourth-order valence-corrected chi connectivity index (χ4v) is 8.36. The Labute approximate surface area is 246 Å². The number of allylic oxidation sites excluding steroid dienone is 4. The van der Waals surface area contributed by atoms with E-state index >= 15 is 8.78 Å². The van der Waals surface area contributed by atoms with Crippen LogP contribution in [0.15, 0.2) is 71.5 Å². The Kier molecular flexibility index (Phi) is 7.14. The maximum Gasteiger partial charge on any atom is 0.456 e. The van der Waals surface area contributed by atoms with Crippen LogP contribution < -0.4 is 5.32 Å². The van der Waals surface area contributed by atoms with Crippen molar-refractivity contribution in [3.63, 3.8) is 0 Å². The van der Waals surface area contributed by atoms with Gasteiger partial charge in [-0.1, -0.05) is 30.7 Å². The van der Waals surface area contributed by atoms with Crippen LogP contribution in [0.4, 0.5) is 22.0 Å². The molecule has 2 unspecified atom stereocenters. The summed E-state index contributed by atoms with van der Waals surface area (Å²) in [6.45, 7) is 1.62. The second kappa shape index (κ2) is 10.4. The number of fused-ring (bicyclic) bond motifs is 4. The first-order chi connectivity index (χ1) is 20.3. The maximum absolute atomic E-state index is 15.2. The van der Waals surface area contributed by atoms with Crippen molar-refractivity contribution in [2.45, 2.75) is 82.0 Å².